The molecule has 1 heterocycles. The van der Waals surface area contributed by atoms with E-state index in [1.54, 1.807) is 4.90 Å². The third-order valence-corrected chi connectivity index (χ3v) is 3.61. The lowest BCUT2D eigenvalue weighted by Crippen LogP contribution is -2.33. The molecule has 1 aliphatic heterocycles. The van der Waals surface area contributed by atoms with E-state index >= 15 is 0 Å². The molecule has 5 nitrogen and oxygen atoms in total. The third-order valence-electron chi connectivity index (χ3n) is 3.61. The highest BCUT2D eigenvalue weighted by Crippen LogP contribution is 2.21. The van der Waals surface area contributed by atoms with Gasteiger partial charge in [-0.15, -0.1) is 0 Å². The Morgan fingerprint density at radius 2 is 2.25 bits per heavy atom. The summed E-state index contributed by atoms with van der Waals surface area (Å²) in [4.78, 5) is 24.3. The van der Waals surface area contributed by atoms with Crippen molar-refractivity contribution >= 4 is 17.7 Å². The van der Waals surface area contributed by atoms with E-state index in [2.05, 4.69) is 12.2 Å². The van der Waals surface area contributed by atoms with Gasteiger partial charge in [-0.2, -0.15) is 0 Å². The fourth-order valence-corrected chi connectivity index (χ4v) is 2.29. The number of likely N-dealkylation sites (tertiary alicyclic amines) is 1. The fourth-order valence-electron chi connectivity index (χ4n) is 2.29. The maximum absolute atomic E-state index is 13.7. The van der Waals surface area contributed by atoms with Crippen molar-refractivity contribution in [1.29, 1.82) is 0 Å². The molecule has 20 heavy (non-hydrogen) atoms. The summed E-state index contributed by atoms with van der Waals surface area (Å²) < 4.78 is 13.7. The molecule has 0 radical (unpaired) electrons. The molecule has 2 amide bonds. The van der Waals surface area contributed by atoms with E-state index in [1.807, 2.05) is 0 Å². The smallest absolute Gasteiger partial charge is 0.335 e. The van der Waals surface area contributed by atoms with Crippen LogP contribution in [0.3, 0.4) is 0 Å². The highest BCUT2D eigenvalue weighted by Gasteiger charge is 2.25. The molecule has 1 atom stereocenters. The molecule has 1 aliphatic rings. The second kappa shape index (κ2) is 5.90. The van der Waals surface area contributed by atoms with Gasteiger partial charge in [-0.25, -0.2) is 14.0 Å². The minimum atomic E-state index is -1.20. The lowest BCUT2D eigenvalue weighted by Gasteiger charge is -2.17. The Labute approximate surface area is 116 Å². The molecule has 0 aromatic heterocycles. The monoisotopic (exact) mass is 280 g/mol. The number of amides is 2. The number of carboxylic acids is 1. The zero-order valence-corrected chi connectivity index (χ0v) is 11.2. The van der Waals surface area contributed by atoms with Gasteiger partial charge in [0.15, 0.2) is 0 Å². The average molecular weight is 280 g/mol. The maximum Gasteiger partial charge on any atom is 0.335 e. The topological polar surface area (TPSA) is 69.6 Å². The summed E-state index contributed by atoms with van der Waals surface area (Å²) in [7, 11) is 0. The largest absolute Gasteiger partial charge is 0.478 e. The van der Waals surface area contributed by atoms with Gasteiger partial charge in [-0.1, -0.05) is 13.3 Å². The van der Waals surface area contributed by atoms with Gasteiger partial charge in [0.1, 0.15) is 5.82 Å². The first-order chi connectivity index (χ1) is 9.51. The molecule has 0 bridgehead atoms. The summed E-state index contributed by atoms with van der Waals surface area (Å²) in [6.45, 7) is 3.42. The van der Waals surface area contributed by atoms with E-state index in [9.17, 15) is 14.0 Å². The minimum Gasteiger partial charge on any atom is -0.478 e. The highest BCUT2D eigenvalue weighted by atomic mass is 19.1. The molecule has 0 aliphatic carbocycles. The standard InChI is InChI=1S/C14H17FN2O3/c1-2-9-5-6-17(8-9)14(20)16-12-4-3-10(13(18)19)7-11(12)15/h3-4,7,9H,2,5-6,8H2,1H3,(H,16,20)(H,18,19). The summed E-state index contributed by atoms with van der Waals surface area (Å²) in [5.41, 5.74) is -0.146. The predicted molar refractivity (Wildman–Crippen MR) is 72.3 cm³/mol. The van der Waals surface area contributed by atoms with E-state index < -0.39 is 11.8 Å². The molecule has 1 aromatic rings. The van der Waals surface area contributed by atoms with Crippen molar-refractivity contribution in [2.45, 2.75) is 19.8 Å². The first-order valence-electron chi connectivity index (χ1n) is 6.60. The Morgan fingerprint density at radius 3 is 2.80 bits per heavy atom. The number of urea groups is 1. The summed E-state index contributed by atoms with van der Waals surface area (Å²) in [5.74, 6) is -1.45. The van der Waals surface area contributed by atoms with Crippen molar-refractivity contribution in [1.82, 2.24) is 4.90 Å². The Kier molecular flexibility index (Phi) is 4.22. The third kappa shape index (κ3) is 3.07. The number of halogens is 1. The first kappa shape index (κ1) is 14.3. The number of nitrogens with one attached hydrogen (secondary N) is 1. The molecule has 0 spiro atoms. The number of nitrogens with zero attached hydrogens (tertiary/aromatic N) is 1. The van der Waals surface area contributed by atoms with Crippen LogP contribution in [0.15, 0.2) is 18.2 Å². The molecule has 1 unspecified atom stereocenters. The van der Waals surface area contributed by atoms with Crippen LogP contribution < -0.4 is 5.32 Å². The van der Waals surface area contributed by atoms with Crippen molar-refractivity contribution in [3.63, 3.8) is 0 Å². The quantitative estimate of drug-likeness (QED) is 0.894. The molecular formula is C14H17FN2O3. The number of carbonyl (C=O) groups is 2. The van der Waals surface area contributed by atoms with Gasteiger partial charge < -0.3 is 15.3 Å². The predicted octanol–water partition coefficient (Wildman–Crippen LogP) is 2.79. The van der Waals surface area contributed by atoms with Crippen molar-refractivity contribution < 1.29 is 19.1 Å². The van der Waals surface area contributed by atoms with Gasteiger partial charge in [0, 0.05) is 13.1 Å². The minimum absolute atomic E-state index is 0.0000477. The maximum atomic E-state index is 13.7. The Hall–Kier alpha value is -2.11. The van der Waals surface area contributed by atoms with Crippen LogP contribution in [0, 0.1) is 11.7 Å². The lowest BCUT2D eigenvalue weighted by atomic mass is 10.1. The van der Waals surface area contributed by atoms with Gasteiger partial charge in [0.25, 0.3) is 0 Å². The van der Waals surface area contributed by atoms with Crippen LogP contribution in [-0.2, 0) is 0 Å². The Bertz CT molecular complexity index is 533. The van der Waals surface area contributed by atoms with Gasteiger partial charge >= 0.3 is 12.0 Å². The number of hydrogen-bond donors (Lipinski definition) is 2. The first-order valence-corrected chi connectivity index (χ1v) is 6.60. The zero-order chi connectivity index (χ0) is 14.7. The molecule has 1 saturated heterocycles. The summed E-state index contributed by atoms with van der Waals surface area (Å²) in [6, 6.07) is 3.09. The van der Waals surface area contributed by atoms with Gasteiger partial charge in [0.05, 0.1) is 11.3 Å². The molecule has 108 valence electrons. The molecule has 2 N–H and O–H groups in total. The summed E-state index contributed by atoms with van der Waals surface area (Å²) in [6.07, 6.45) is 1.98. The van der Waals surface area contributed by atoms with Crippen LogP contribution in [0.25, 0.3) is 0 Å². The van der Waals surface area contributed by atoms with Crippen LogP contribution in [0.1, 0.15) is 30.1 Å². The van der Waals surface area contributed by atoms with Gasteiger partial charge in [-0.3, -0.25) is 0 Å². The molecule has 1 fully saturated rings. The second-order valence-corrected chi connectivity index (χ2v) is 4.94. The number of hydrogen-bond acceptors (Lipinski definition) is 2. The van der Waals surface area contributed by atoms with Crippen LogP contribution >= 0.6 is 0 Å². The Morgan fingerprint density at radius 1 is 1.50 bits per heavy atom. The number of aromatic carboxylic acids is 1. The van der Waals surface area contributed by atoms with Crippen molar-refractivity contribution in [3.05, 3.63) is 29.6 Å². The van der Waals surface area contributed by atoms with Crippen LogP contribution in [0.5, 0.6) is 0 Å². The van der Waals surface area contributed by atoms with E-state index in [0.717, 1.165) is 18.9 Å². The fraction of sp³-hybridized carbons (Fsp3) is 0.429. The average Bonchev–Trinajstić information content (AvgIpc) is 2.89. The van der Waals surface area contributed by atoms with E-state index in [-0.39, 0.29) is 17.3 Å². The summed E-state index contributed by atoms with van der Waals surface area (Å²) >= 11 is 0. The number of carbonyl (C=O) groups excluding carboxylic acids is 1. The highest BCUT2D eigenvalue weighted by molar-refractivity contribution is 5.91. The number of carboxylic acid groups (broad SMARTS) is 1. The normalized spacial score (nSPS) is 18.1. The summed E-state index contributed by atoms with van der Waals surface area (Å²) in [5, 5.41) is 11.2. The van der Waals surface area contributed by atoms with E-state index in [4.69, 9.17) is 5.11 Å². The molecule has 1 aromatic carbocycles. The second-order valence-electron chi connectivity index (χ2n) is 4.94. The van der Waals surface area contributed by atoms with Crippen molar-refractivity contribution in [2.75, 3.05) is 18.4 Å². The zero-order valence-electron chi connectivity index (χ0n) is 11.2. The SMILES string of the molecule is CCC1CCN(C(=O)Nc2ccc(C(=O)O)cc2F)C1. The van der Waals surface area contributed by atoms with Crippen LogP contribution in [0.2, 0.25) is 0 Å². The van der Waals surface area contributed by atoms with E-state index in [1.165, 1.54) is 12.1 Å². The van der Waals surface area contributed by atoms with Crippen LogP contribution in [-0.4, -0.2) is 35.1 Å². The number of rotatable bonds is 3. The number of anilines is 1. The van der Waals surface area contributed by atoms with Gasteiger partial charge in [0.2, 0.25) is 0 Å². The van der Waals surface area contributed by atoms with Crippen molar-refractivity contribution in [3.8, 4) is 0 Å². The molecule has 0 saturated carbocycles. The number of benzene rings is 1. The molecule has 2 rings (SSSR count). The lowest BCUT2D eigenvalue weighted by molar-refractivity contribution is 0.0696. The Balaban J connectivity index is 2.03. The van der Waals surface area contributed by atoms with E-state index in [0.29, 0.717) is 19.0 Å². The van der Waals surface area contributed by atoms with Crippen molar-refractivity contribution in [2.24, 2.45) is 5.92 Å². The van der Waals surface area contributed by atoms with Gasteiger partial charge in [-0.05, 0) is 30.5 Å². The molecular weight excluding hydrogens is 263 g/mol. The molecule has 6 heteroatoms. The van der Waals surface area contributed by atoms with Crippen LogP contribution in [0.4, 0.5) is 14.9 Å².